The van der Waals surface area contributed by atoms with E-state index in [1.54, 1.807) is 11.8 Å². The number of aryl methyl sites for hydroxylation is 1. The molecule has 7 nitrogen and oxygen atoms in total. The maximum Gasteiger partial charge on any atom is 0.332 e. The Hall–Kier alpha value is -1.94. The molecule has 1 aromatic rings. The van der Waals surface area contributed by atoms with Crippen molar-refractivity contribution in [2.75, 3.05) is 18.0 Å². The smallest absolute Gasteiger partial charge is 0.332 e. The number of aromatic nitrogens is 2. The summed E-state index contributed by atoms with van der Waals surface area (Å²) >= 11 is 5.76. The lowest BCUT2D eigenvalue weighted by atomic mass is 10.2. The van der Waals surface area contributed by atoms with Gasteiger partial charge in [0.15, 0.2) is 0 Å². The summed E-state index contributed by atoms with van der Waals surface area (Å²) in [5.74, 6) is -0.110. The quantitative estimate of drug-likeness (QED) is 0.467. The molecule has 102 valence electrons. The Morgan fingerprint density at radius 3 is 2.68 bits per heavy atom. The molecule has 0 aliphatic rings. The average molecular weight is 284 g/mol. The fraction of sp³-hybridized carbons (Fsp3) is 0.545. The number of hydrogen-bond acceptors (Lipinski definition) is 6. The second kappa shape index (κ2) is 6.29. The Morgan fingerprint density at radius 1 is 1.58 bits per heavy atom. The van der Waals surface area contributed by atoms with Crippen molar-refractivity contribution in [2.45, 2.75) is 20.8 Å². The van der Waals surface area contributed by atoms with E-state index in [0.717, 1.165) is 0 Å². The van der Waals surface area contributed by atoms with Crippen LogP contribution in [0, 0.1) is 34.3 Å². The Balaban J connectivity index is 3.30. The van der Waals surface area contributed by atoms with Crippen molar-refractivity contribution >= 4 is 23.1 Å². The fourth-order valence-electron chi connectivity index (χ4n) is 1.69. The van der Waals surface area contributed by atoms with Crippen molar-refractivity contribution in [1.29, 1.82) is 5.26 Å². The number of nitro groups is 1. The monoisotopic (exact) mass is 283 g/mol. The van der Waals surface area contributed by atoms with Gasteiger partial charge in [0.25, 0.3) is 0 Å². The van der Waals surface area contributed by atoms with E-state index in [0.29, 0.717) is 13.1 Å². The van der Waals surface area contributed by atoms with Gasteiger partial charge in [-0.3, -0.25) is 10.1 Å². The molecule has 0 saturated heterocycles. The van der Waals surface area contributed by atoms with E-state index in [9.17, 15) is 10.1 Å². The minimum Gasteiger partial charge on any atom is -0.350 e. The number of nitriles is 1. The van der Waals surface area contributed by atoms with E-state index in [-0.39, 0.29) is 28.4 Å². The SMILES string of the molecule is CCN(CC(C)C#N)c1nc(Cl)nc(C)c1[N+](=O)[O-]. The second-order valence-corrected chi connectivity index (χ2v) is 4.41. The molecule has 0 aliphatic carbocycles. The zero-order valence-corrected chi connectivity index (χ0v) is 11.7. The highest BCUT2D eigenvalue weighted by Crippen LogP contribution is 2.30. The molecular weight excluding hydrogens is 270 g/mol. The predicted octanol–water partition coefficient (Wildman–Crippen LogP) is 2.33. The molecule has 0 saturated carbocycles. The van der Waals surface area contributed by atoms with Crippen LogP contribution in [-0.4, -0.2) is 28.0 Å². The topological polar surface area (TPSA) is 96.0 Å². The van der Waals surface area contributed by atoms with E-state index in [2.05, 4.69) is 16.0 Å². The zero-order valence-electron chi connectivity index (χ0n) is 10.9. The van der Waals surface area contributed by atoms with Crippen LogP contribution in [-0.2, 0) is 0 Å². The molecule has 1 rings (SSSR count). The van der Waals surface area contributed by atoms with E-state index in [1.807, 2.05) is 6.92 Å². The summed E-state index contributed by atoms with van der Waals surface area (Å²) in [6, 6.07) is 2.09. The van der Waals surface area contributed by atoms with Gasteiger partial charge in [-0.15, -0.1) is 0 Å². The molecule has 0 amide bonds. The van der Waals surface area contributed by atoms with Crippen LogP contribution in [0.5, 0.6) is 0 Å². The first-order valence-electron chi connectivity index (χ1n) is 5.73. The molecule has 8 heteroatoms. The highest BCUT2D eigenvalue weighted by molar-refractivity contribution is 6.28. The van der Waals surface area contributed by atoms with Crippen molar-refractivity contribution in [1.82, 2.24) is 9.97 Å². The molecule has 1 aromatic heterocycles. The summed E-state index contributed by atoms with van der Waals surface area (Å²) in [6.45, 7) is 5.92. The zero-order chi connectivity index (χ0) is 14.6. The van der Waals surface area contributed by atoms with Gasteiger partial charge in [-0.05, 0) is 32.4 Å². The molecule has 19 heavy (non-hydrogen) atoms. The van der Waals surface area contributed by atoms with Crippen LogP contribution < -0.4 is 4.90 Å². The summed E-state index contributed by atoms with van der Waals surface area (Å²) in [6.07, 6.45) is 0. The van der Waals surface area contributed by atoms with Crippen molar-refractivity contribution in [2.24, 2.45) is 5.92 Å². The van der Waals surface area contributed by atoms with Gasteiger partial charge < -0.3 is 4.90 Å². The van der Waals surface area contributed by atoms with Crippen molar-refractivity contribution in [3.63, 3.8) is 0 Å². The minimum atomic E-state index is -0.527. The second-order valence-electron chi connectivity index (χ2n) is 4.08. The molecule has 0 aliphatic heterocycles. The molecule has 1 heterocycles. The number of nitrogens with zero attached hydrogens (tertiary/aromatic N) is 5. The van der Waals surface area contributed by atoms with Crippen LogP contribution in [0.4, 0.5) is 11.5 Å². The molecule has 0 radical (unpaired) electrons. The maximum atomic E-state index is 11.1. The Morgan fingerprint density at radius 2 is 2.21 bits per heavy atom. The van der Waals surface area contributed by atoms with Gasteiger partial charge in [0, 0.05) is 13.1 Å². The minimum absolute atomic E-state index is 0.0406. The number of anilines is 1. The molecule has 0 aromatic carbocycles. The molecule has 1 unspecified atom stereocenters. The predicted molar refractivity (Wildman–Crippen MR) is 71.1 cm³/mol. The van der Waals surface area contributed by atoms with Gasteiger partial charge >= 0.3 is 5.69 Å². The third-order valence-electron chi connectivity index (χ3n) is 2.59. The van der Waals surface area contributed by atoms with Gasteiger partial charge in [0.05, 0.1) is 16.9 Å². The van der Waals surface area contributed by atoms with Gasteiger partial charge in [-0.25, -0.2) is 4.98 Å². The summed E-state index contributed by atoms with van der Waals surface area (Å²) in [7, 11) is 0. The van der Waals surface area contributed by atoms with Gasteiger partial charge in [-0.1, -0.05) is 0 Å². The first-order chi connectivity index (χ1) is 8.90. The van der Waals surface area contributed by atoms with E-state index in [1.165, 1.54) is 6.92 Å². The Labute approximate surface area is 116 Å². The third kappa shape index (κ3) is 3.51. The van der Waals surface area contributed by atoms with Crippen LogP contribution in [0.15, 0.2) is 0 Å². The lowest BCUT2D eigenvalue weighted by Gasteiger charge is -2.22. The summed E-state index contributed by atoms with van der Waals surface area (Å²) in [5, 5.41) is 19.9. The van der Waals surface area contributed by atoms with Crippen molar-refractivity contribution in [3.8, 4) is 6.07 Å². The van der Waals surface area contributed by atoms with Gasteiger partial charge in [-0.2, -0.15) is 10.2 Å². The number of halogens is 1. The Bertz CT molecular complexity index is 529. The molecule has 0 bridgehead atoms. The summed E-state index contributed by atoms with van der Waals surface area (Å²) < 4.78 is 0. The van der Waals surface area contributed by atoms with Crippen LogP contribution >= 0.6 is 11.6 Å². The largest absolute Gasteiger partial charge is 0.350 e. The molecule has 0 fully saturated rings. The van der Waals surface area contributed by atoms with Crippen LogP contribution in [0.2, 0.25) is 5.28 Å². The van der Waals surface area contributed by atoms with Crippen LogP contribution in [0.1, 0.15) is 19.5 Å². The lowest BCUT2D eigenvalue weighted by molar-refractivity contribution is -0.385. The van der Waals surface area contributed by atoms with E-state index < -0.39 is 4.92 Å². The average Bonchev–Trinajstić information content (AvgIpc) is 2.33. The summed E-state index contributed by atoms with van der Waals surface area (Å²) in [4.78, 5) is 20.0. The normalized spacial score (nSPS) is 11.7. The van der Waals surface area contributed by atoms with Crippen LogP contribution in [0.25, 0.3) is 0 Å². The molecular formula is C11H14ClN5O2. The summed E-state index contributed by atoms with van der Waals surface area (Å²) in [5.41, 5.74) is 0.0412. The standard InChI is InChI=1S/C11H14ClN5O2/c1-4-16(6-7(2)5-13)10-9(17(18)19)8(3)14-11(12)15-10/h7H,4,6H2,1-3H3. The number of rotatable bonds is 5. The molecule has 0 spiro atoms. The lowest BCUT2D eigenvalue weighted by Crippen LogP contribution is -2.29. The highest BCUT2D eigenvalue weighted by Gasteiger charge is 2.26. The van der Waals surface area contributed by atoms with Crippen molar-refractivity contribution in [3.05, 3.63) is 21.1 Å². The number of hydrogen-bond donors (Lipinski definition) is 0. The van der Waals surface area contributed by atoms with Crippen LogP contribution in [0.3, 0.4) is 0 Å². The first-order valence-corrected chi connectivity index (χ1v) is 6.11. The van der Waals surface area contributed by atoms with E-state index >= 15 is 0 Å². The third-order valence-corrected chi connectivity index (χ3v) is 2.76. The van der Waals surface area contributed by atoms with Crippen molar-refractivity contribution < 1.29 is 4.92 Å². The fourth-order valence-corrected chi connectivity index (χ4v) is 1.90. The molecule has 0 N–H and O–H groups in total. The highest BCUT2D eigenvalue weighted by atomic mass is 35.5. The van der Waals surface area contributed by atoms with E-state index in [4.69, 9.17) is 16.9 Å². The van der Waals surface area contributed by atoms with Gasteiger partial charge in [0.1, 0.15) is 5.69 Å². The molecule has 1 atom stereocenters. The Kier molecular flexibility index (Phi) is 5.01. The van der Waals surface area contributed by atoms with Gasteiger partial charge in [0.2, 0.25) is 11.1 Å². The maximum absolute atomic E-state index is 11.1. The first kappa shape index (κ1) is 15.1.